The second-order valence-corrected chi connectivity index (χ2v) is 10.8. The first-order chi connectivity index (χ1) is 17.2. The Hall–Kier alpha value is -3.11. The minimum atomic E-state index is 0. The standard InChI is InChI=1S/C30H18N2OS2.Pt/c1-17-18(2)34-30-21(17)12-14-32-27(30)19-7-5-8-20(15-19)33-25-16-24-28-26(11-6-13-31-28)35-29(24)23-10-4-3-9-22(23)25;/h3-14H,1-2H3;/q-2;+2. The number of thiophene rings is 2. The van der Waals surface area contributed by atoms with Crippen molar-refractivity contribution in [1.29, 1.82) is 0 Å². The van der Waals surface area contributed by atoms with Crippen molar-refractivity contribution in [3.05, 3.63) is 95.6 Å². The molecule has 0 saturated heterocycles. The number of fused-ring (bicyclic) bond motifs is 6. The van der Waals surface area contributed by atoms with Gasteiger partial charge in [0, 0.05) is 43.6 Å². The maximum absolute atomic E-state index is 6.46. The van der Waals surface area contributed by atoms with Crippen LogP contribution in [0.2, 0.25) is 0 Å². The molecular formula is C30H18N2OPtS2. The predicted octanol–water partition coefficient (Wildman–Crippen LogP) is 8.89. The molecule has 0 aliphatic heterocycles. The van der Waals surface area contributed by atoms with E-state index in [1.807, 2.05) is 42.7 Å². The predicted molar refractivity (Wildman–Crippen MR) is 147 cm³/mol. The monoisotopic (exact) mass is 681 g/mol. The van der Waals surface area contributed by atoms with Crippen molar-refractivity contribution in [2.45, 2.75) is 13.8 Å². The number of aromatic nitrogens is 2. The molecule has 0 atom stereocenters. The van der Waals surface area contributed by atoms with Crippen molar-refractivity contribution < 1.29 is 25.8 Å². The number of aryl methyl sites for hydroxylation is 2. The fourth-order valence-electron chi connectivity index (χ4n) is 4.59. The molecule has 6 heteroatoms. The van der Waals surface area contributed by atoms with Crippen molar-refractivity contribution >= 4 is 63.8 Å². The number of pyridine rings is 2. The van der Waals surface area contributed by atoms with E-state index in [1.165, 1.54) is 25.2 Å². The van der Waals surface area contributed by atoms with Gasteiger partial charge >= 0.3 is 21.1 Å². The van der Waals surface area contributed by atoms with Gasteiger partial charge in [0.1, 0.15) is 0 Å². The van der Waals surface area contributed by atoms with Crippen molar-refractivity contribution in [3.8, 4) is 22.8 Å². The van der Waals surface area contributed by atoms with Crippen LogP contribution in [0.3, 0.4) is 0 Å². The van der Waals surface area contributed by atoms with Gasteiger partial charge in [0.2, 0.25) is 0 Å². The van der Waals surface area contributed by atoms with Gasteiger partial charge in [0.05, 0.1) is 5.75 Å². The van der Waals surface area contributed by atoms with Gasteiger partial charge in [-0.1, -0.05) is 53.2 Å². The maximum Gasteiger partial charge on any atom is 2.00 e. The summed E-state index contributed by atoms with van der Waals surface area (Å²) in [6.07, 6.45) is 3.71. The Balaban J connectivity index is 0.00000240. The van der Waals surface area contributed by atoms with Crippen LogP contribution in [0.15, 0.2) is 73.1 Å². The third-order valence-corrected chi connectivity index (χ3v) is 8.84. The summed E-state index contributed by atoms with van der Waals surface area (Å²) in [6.45, 7) is 4.33. The van der Waals surface area contributed by atoms with E-state index in [0.29, 0.717) is 11.5 Å². The van der Waals surface area contributed by atoms with E-state index in [9.17, 15) is 0 Å². The largest absolute Gasteiger partial charge is 2.00 e. The summed E-state index contributed by atoms with van der Waals surface area (Å²) in [5, 5.41) is 4.41. The molecule has 36 heavy (non-hydrogen) atoms. The second-order valence-electron chi connectivity index (χ2n) is 8.51. The summed E-state index contributed by atoms with van der Waals surface area (Å²) in [5.74, 6) is 1.32. The van der Waals surface area contributed by atoms with Gasteiger partial charge in [0.25, 0.3) is 0 Å². The van der Waals surface area contributed by atoms with Crippen LogP contribution in [-0.4, -0.2) is 9.97 Å². The van der Waals surface area contributed by atoms with E-state index >= 15 is 0 Å². The first-order valence-electron chi connectivity index (χ1n) is 11.3. The fourth-order valence-corrected chi connectivity index (χ4v) is 6.90. The zero-order valence-corrected chi connectivity index (χ0v) is 23.3. The Kier molecular flexibility index (Phi) is 5.88. The normalized spacial score (nSPS) is 11.4. The molecule has 4 heterocycles. The molecule has 7 rings (SSSR count). The molecule has 0 amide bonds. The van der Waals surface area contributed by atoms with Crippen LogP contribution in [0.25, 0.3) is 52.4 Å². The van der Waals surface area contributed by atoms with E-state index in [2.05, 4.69) is 61.3 Å². The molecule has 0 N–H and O–H groups in total. The van der Waals surface area contributed by atoms with Crippen LogP contribution >= 0.6 is 22.7 Å². The molecule has 0 bridgehead atoms. The minimum Gasteiger partial charge on any atom is -0.496 e. The molecule has 0 spiro atoms. The SMILES string of the molecule is Cc1sc2c(-c3[c-]c(Oc4[c-]c5c6ncccc6sc5c5ccccc45)ccc3)nccc2c1C.[Pt+2]. The van der Waals surface area contributed by atoms with Crippen LogP contribution in [0.1, 0.15) is 10.4 Å². The van der Waals surface area contributed by atoms with Crippen LogP contribution in [0, 0.1) is 26.0 Å². The van der Waals surface area contributed by atoms with Gasteiger partial charge in [-0.2, -0.15) is 11.3 Å². The average Bonchev–Trinajstić information content (AvgIpc) is 3.41. The van der Waals surface area contributed by atoms with Crippen molar-refractivity contribution in [1.82, 2.24) is 9.97 Å². The molecule has 0 fully saturated rings. The number of hydrogen-bond acceptors (Lipinski definition) is 5. The molecule has 3 aromatic carbocycles. The van der Waals surface area contributed by atoms with Crippen LogP contribution in [-0.2, 0) is 21.1 Å². The van der Waals surface area contributed by atoms with Crippen molar-refractivity contribution in [3.63, 3.8) is 0 Å². The van der Waals surface area contributed by atoms with Crippen molar-refractivity contribution in [2.75, 3.05) is 0 Å². The number of rotatable bonds is 3. The fraction of sp³-hybridized carbons (Fsp3) is 0.0667. The molecule has 3 nitrogen and oxygen atoms in total. The number of ether oxygens (including phenoxy) is 1. The molecule has 0 radical (unpaired) electrons. The van der Waals surface area contributed by atoms with Gasteiger partial charge < -0.3 is 14.7 Å². The molecule has 0 unspecified atom stereocenters. The molecule has 0 saturated carbocycles. The van der Waals surface area contributed by atoms with E-state index in [4.69, 9.17) is 9.72 Å². The Morgan fingerprint density at radius 1 is 0.750 bits per heavy atom. The zero-order valence-electron chi connectivity index (χ0n) is 19.4. The first-order valence-corrected chi connectivity index (χ1v) is 13.0. The van der Waals surface area contributed by atoms with Gasteiger partial charge in [-0.25, -0.2) is 0 Å². The summed E-state index contributed by atoms with van der Waals surface area (Å²) < 4.78 is 9.98. The third-order valence-electron chi connectivity index (χ3n) is 6.43. The van der Waals surface area contributed by atoms with E-state index < -0.39 is 0 Å². The van der Waals surface area contributed by atoms with Gasteiger partial charge in [-0.05, 0) is 41.6 Å². The summed E-state index contributed by atoms with van der Waals surface area (Å²) in [5.41, 5.74) is 4.13. The molecular weight excluding hydrogens is 664 g/mol. The van der Waals surface area contributed by atoms with Crippen LogP contribution in [0.4, 0.5) is 0 Å². The third kappa shape index (κ3) is 3.65. The number of nitrogens with zero attached hydrogens (tertiary/aromatic N) is 2. The van der Waals surface area contributed by atoms with E-state index in [-0.39, 0.29) is 21.1 Å². The Bertz CT molecular complexity index is 1920. The van der Waals surface area contributed by atoms with Crippen LogP contribution in [0.5, 0.6) is 11.5 Å². The molecule has 4 aromatic heterocycles. The van der Waals surface area contributed by atoms with E-state index in [1.54, 1.807) is 22.7 Å². The Labute approximate surface area is 230 Å². The van der Waals surface area contributed by atoms with Gasteiger partial charge in [-0.3, -0.25) is 0 Å². The average molecular weight is 682 g/mol. The molecule has 176 valence electrons. The molecule has 0 aliphatic rings. The summed E-state index contributed by atoms with van der Waals surface area (Å²) in [4.78, 5) is 10.6. The maximum atomic E-state index is 6.46. The number of hydrogen-bond donors (Lipinski definition) is 0. The van der Waals surface area contributed by atoms with Crippen molar-refractivity contribution in [2.24, 2.45) is 0 Å². The van der Waals surface area contributed by atoms with Gasteiger partial charge in [0.15, 0.2) is 0 Å². The quantitative estimate of drug-likeness (QED) is 0.175. The molecule has 0 aliphatic carbocycles. The zero-order chi connectivity index (χ0) is 23.5. The summed E-state index contributed by atoms with van der Waals surface area (Å²) in [7, 11) is 0. The van der Waals surface area contributed by atoms with Crippen LogP contribution < -0.4 is 4.74 Å². The summed E-state index contributed by atoms with van der Waals surface area (Å²) >= 11 is 3.53. The second kappa shape index (κ2) is 9.08. The Morgan fingerprint density at radius 3 is 2.50 bits per heavy atom. The smallest absolute Gasteiger partial charge is 0.496 e. The first kappa shape index (κ1) is 23.3. The molecule has 7 aromatic rings. The number of benzene rings is 3. The Morgan fingerprint density at radius 2 is 1.61 bits per heavy atom. The minimum absolute atomic E-state index is 0. The summed E-state index contributed by atoms with van der Waals surface area (Å²) in [6, 6.07) is 27.5. The van der Waals surface area contributed by atoms with Gasteiger partial charge in [-0.15, -0.1) is 40.5 Å². The van der Waals surface area contributed by atoms with E-state index in [0.717, 1.165) is 37.6 Å². The topological polar surface area (TPSA) is 35.0 Å².